The van der Waals surface area contributed by atoms with Gasteiger partial charge in [0.1, 0.15) is 0 Å². The van der Waals surface area contributed by atoms with Gasteiger partial charge in [0.2, 0.25) is 0 Å². The van der Waals surface area contributed by atoms with E-state index in [0.717, 1.165) is 13.0 Å². The molecule has 2 nitrogen and oxygen atoms in total. The molecular weight excluding hydrogens is 256 g/mol. The molecule has 3 rings (SSSR count). The van der Waals surface area contributed by atoms with Crippen LogP contribution in [0.1, 0.15) is 45.1 Å². The van der Waals surface area contributed by atoms with E-state index in [2.05, 4.69) is 54.4 Å². The van der Waals surface area contributed by atoms with Gasteiger partial charge in [0.15, 0.2) is 0 Å². The van der Waals surface area contributed by atoms with Crippen LogP contribution in [-0.2, 0) is 6.42 Å². The Balaban J connectivity index is 1.57. The maximum absolute atomic E-state index is 3.74. The first-order valence-electron chi connectivity index (χ1n) is 8.72. The van der Waals surface area contributed by atoms with Gasteiger partial charge >= 0.3 is 0 Å². The molecule has 2 aliphatic rings. The molecule has 2 fully saturated rings. The fourth-order valence-corrected chi connectivity index (χ4v) is 3.87. The number of nitrogens with zero attached hydrogens (tertiary/aromatic N) is 1. The van der Waals surface area contributed by atoms with Crippen molar-refractivity contribution in [2.24, 2.45) is 5.41 Å². The molecule has 1 saturated carbocycles. The smallest absolute Gasteiger partial charge is 0.0236 e. The van der Waals surface area contributed by atoms with E-state index in [1.807, 2.05) is 0 Å². The van der Waals surface area contributed by atoms with Gasteiger partial charge in [-0.25, -0.2) is 0 Å². The molecule has 0 aromatic heterocycles. The number of hydrogen-bond donors (Lipinski definition) is 1. The fraction of sp³-hybridized carbons (Fsp3) is 0.684. The zero-order valence-corrected chi connectivity index (χ0v) is 13.6. The van der Waals surface area contributed by atoms with Gasteiger partial charge in [0.05, 0.1) is 0 Å². The van der Waals surface area contributed by atoms with Gasteiger partial charge in [-0.1, -0.05) is 43.7 Å². The molecule has 21 heavy (non-hydrogen) atoms. The number of hydrogen-bond acceptors (Lipinski definition) is 2. The minimum atomic E-state index is 0.612. The van der Waals surface area contributed by atoms with Crippen LogP contribution < -0.4 is 5.32 Å². The van der Waals surface area contributed by atoms with Gasteiger partial charge in [0.25, 0.3) is 0 Å². The molecule has 0 bridgehead atoms. The Bertz CT molecular complexity index is 438. The van der Waals surface area contributed by atoms with Gasteiger partial charge in [-0.3, -0.25) is 4.90 Å². The van der Waals surface area contributed by atoms with E-state index in [4.69, 9.17) is 0 Å². The lowest BCUT2D eigenvalue weighted by Gasteiger charge is -2.41. The Hall–Kier alpha value is -0.860. The molecule has 116 valence electrons. The van der Waals surface area contributed by atoms with Crippen molar-refractivity contribution < 1.29 is 0 Å². The third kappa shape index (κ3) is 3.87. The Kier molecular flexibility index (Phi) is 4.66. The summed E-state index contributed by atoms with van der Waals surface area (Å²) in [5, 5.41) is 3.74. The molecule has 1 aliphatic heterocycles. The summed E-state index contributed by atoms with van der Waals surface area (Å²) in [6.45, 7) is 8.39. The average Bonchev–Trinajstić information content (AvgIpc) is 3.24. The third-order valence-electron chi connectivity index (χ3n) is 5.38. The van der Waals surface area contributed by atoms with Crippen LogP contribution in [0.15, 0.2) is 30.3 Å². The number of nitrogens with one attached hydrogen (secondary N) is 1. The first kappa shape index (κ1) is 15.1. The molecule has 1 N–H and O–H groups in total. The molecule has 1 aromatic carbocycles. The van der Waals surface area contributed by atoms with Crippen molar-refractivity contribution in [2.75, 3.05) is 19.6 Å². The topological polar surface area (TPSA) is 15.3 Å². The van der Waals surface area contributed by atoms with Crippen LogP contribution >= 0.6 is 0 Å². The highest BCUT2D eigenvalue weighted by molar-refractivity contribution is 5.16. The first-order chi connectivity index (χ1) is 10.2. The summed E-state index contributed by atoms with van der Waals surface area (Å²) < 4.78 is 0. The molecule has 2 heteroatoms. The van der Waals surface area contributed by atoms with Gasteiger partial charge in [0, 0.05) is 31.7 Å². The Labute approximate surface area is 129 Å². The lowest BCUT2D eigenvalue weighted by atomic mass is 9.96. The van der Waals surface area contributed by atoms with Crippen molar-refractivity contribution in [3.8, 4) is 0 Å². The van der Waals surface area contributed by atoms with E-state index in [9.17, 15) is 0 Å². The molecular formula is C19H30N2. The zero-order valence-electron chi connectivity index (χ0n) is 13.6. The minimum absolute atomic E-state index is 0.612. The Morgan fingerprint density at radius 2 is 2.00 bits per heavy atom. The summed E-state index contributed by atoms with van der Waals surface area (Å²) in [6.07, 6.45) is 6.84. The van der Waals surface area contributed by atoms with Crippen molar-refractivity contribution >= 4 is 0 Å². The van der Waals surface area contributed by atoms with E-state index in [1.165, 1.54) is 44.3 Å². The van der Waals surface area contributed by atoms with Crippen LogP contribution in [-0.4, -0.2) is 36.6 Å². The van der Waals surface area contributed by atoms with E-state index in [0.29, 0.717) is 17.5 Å². The largest absolute Gasteiger partial charge is 0.311 e. The predicted molar refractivity (Wildman–Crippen MR) is 89.5 cm³/mol. The molecule has 0 amide bonds. The highest BCUT2D eigenvalue weighted by atomic mass is 15.2. The molecule has 1 aromatic rings. The molecule has 0 spiro atoms. The van der Waals surface area contributed by atoms with Crippen LogP contribution in [0.5, 0.6) is 0 Å². The van der Waals surface area contributed by atoms with Crippen LogP contribution in [0, 0.1) is 5.41 Å². The SMILES string of the molecule is CCCC1(CN2CC(Cc3ccccc3)NCC2C)CC1. The minimum Gasteiger partial charge on any atom is -0.311 e. The second-order valence-electron chi connectivity index (χ2n) is 7.32. The average molecular weight is 286 g/mol. The van der Waals surface area contributed by atoms with Gasteiger partial charge < -0.3 is 5.32 Å². The summed E-state index contributed by atoms with van der Waals surface area (Å²) in [5.74, 6) is 0. The summed E-state index contributed by atoms with van der Waals surface area (Å²) in [5.41, 5.74) is 2.14. The second-order valence-corrected chi connectivity index (χ2v) is 7.32. The lowest BCUT2D eigenvalue weighted by Crippen LogP contribution is -2.57. The van der Waals surface area contributed by atoms with Crippen molar-refractivity contribution in [1.29, 1.82) is 0 Å². The van der Waals surface area contributed by atoms with E-state index in [-0.39, 0.29) is 0 Å². The number of rotatable bonds is 6. The van der Waals surface area contributed by atoms with Crippen molar-refractivity contribution in [3.63, 3.8) is 0 Å². The molecule has 1 aliphatic carbocycles. The van der Waals surface area contributed by atoms with Crippen LogP contribution in [0.25, 0.3) is 0 Å². The third-order valence-corrected chi connectivity index (χ3v) is 5.38. The Morgan fingerprint density at radius 1 is 1.24 bits per heavy atom. The fourth-order valence-electron chi connectivity index (χ4n) is 3.87. The molecule has 2 atom stereocenters. The first-order valence-corrected chi connectivity index (χ1v) is 8.72. The summed E-state index contributed by atoms with van der Waals surface area (Å²) in [6, 6.07) is 12.2. The number of benzene rings is 1. The monoisotopic (exact) mass is 286 g/mol. The lowest BCUT2D eigenvalue weighted by molar-refractivity contribution is 0.110. The van der Waals surface area contributed by atoms with Crippen molar-refractivity contribution in [3.05, 3.63) is 35.9 Å². The Morgan fingerprint density at radius 3 is 2.67 bits per heavy atom. The molecule has 0 radical (unpaired) electrons. The molecule has 1 saturated heterocycles. The summed E-state index contributed by atoms with van der Waals surface area (Å²) >= 11 is 0. The maximum atomic E-state index is 3.74. The van der Waals surface area contributed by atoms with Gasteiger partial charge in [-0.2, -0.15) is 0 Å². The van der Waals surface area contributed by atoms with Gasteiger partial charge in [-0.15, -0.1) is 0 Å². The quantitative estimate of drug-likeness (QED) is 0.861. The summed E-state index contributed by atoms with van der Waals surface area (Å²) in [7, 11) is 0. The normalized spacial score (nSPS) is 28.5. The molecule has 2 unspecified atom stereocenters. The number of piperazine rings is 1. The standard InChI is InChI=1S/C19H30N2/c1-3-9-19(10-11-19)15-21-14-18(20-13-16(21)2)12-17-7-5-4-6-8-17/h4-8,16,18,20H,3,9-15H2,1-2H3. The van der Waals surface area contributed by atoms with E-state index < -0.39 is 0 Å². The second kappa shape index (κ2) is 6.50. The van der Waals surface area contributed by atoms with Crippen molar-refractivity contribution in [1.82, 2.24) is 10.2 Å². The zero-order chi connectivity index (χ0) is 14.7. The van der Waals surface area contributed by atoms with Crippen LogP contribution in [0.2, 0.25) is 0 Å². The maximum Gasteiger partial charge on any atom is 0.0236 e. The highest BCUT2D eigenvalue weighted by Crippen LogP contribution is 2.50. The van der Waals surface area contributed by atoms with Crippen molar-refractivity contribution in [2.45, 2.75) is 58.0 Å². The highest BCUT2D eigenvalue weighted by Gasteiger charge is 2.44. The predicted octanol–water partition coefficient (Wildman–Crippen LogP) is 3.47. The summed E-state index contributed by atoms with van der Waals surface area (Å²) in [4.78, 5) is 2.76. The van der Waals surface area contributed by atoms with Crippen LogP contribution in [0.3, 0.4) is 0 Å². The van der Waals surface area contributed by atoms with Crippen LogP contribution in [0.4, 0.5) is 0 Å². The van der Waals surface area contributed by atoms with E-state index in [1.54, 1.807) is 0 Å². The molecule has 1 heterocycles. The van der Waals surface area contributed by atoms with Gasteiger partial charge in [-0.05, 0) is 43.6 Å². The van der Waals surface area contributed by atoms with E-state index >= 15 is 0 Å².